The number of imidazole rings is 1. The lowest BCUT2D eigenvalue weighted by atomic mass is 10.3. The fourth-order valence-corrected chi connectivity index (χ4v) is 2.40. The van der Waals surface area contributed by atoms with Crippen LogP contribution in [0.2, 0.25) is 0 Å². The van der Waals surface area contributed by atoms with Gasteiger partial charge in [-0.3, -0.25) is 9.91 Å². The summed E-state index contributed by atoms with van der Waals surface area (Å²) in [6.07, 6.45) is 5.05. The van der Waals surface area contributed by atoms with Gasteiger partial charge in [0.2, 0.25) is 0 Å². The normalized spacial score (nSPS) is 17.2. The molecular weight excluding hydrogens is 300 g/mol. The van der Waals surface area contributed by atoms with E-state index in [0.717, 1.165) is 31.9 Å². The highest BCUT2D eigenvalue weighted by Gasteiger charge is 2.16. The third kappa shape index (κ3) is 4.60. The maximum atomic E-state index is 10.8. The van der Waals surface area contributed by atoms with Gasteiger partial charge in [0.1, 0.15) is 11.9 Å². The van der Waals surface area contributed by atoms with Gasteiger partial charge in [-0.05, 0) is 24.0 Å². The number of allylic oxidation sites excluding steroid dienone is 1. The molecule has 1 aromatic rings. The van der Waals surface area contributed by atoms with E-state index in [1.807, 2.05) is 18.0 Å². The van der Waals surface area contributed by atoms with Crippen LogP contribution in [0.25, 0.3) is 6.08 Å². The average Bonchev–Trinajstić information content (AvgIpc) is 2.88. The van der Waals surface area contributed by atoms with Gasteiger partial charge in [0.15, 0.2) is 0 Å². The number of hydrogen-bond acceptors (Lipinski definition) is 7. The number of hydrogen-bond donors (Lipinski definition) is 1. The van der Waals surface area contributed by atoms with Crippen molar-refractivity contribution in [3.05, 3.63) is 28.1 Å². The van der Waals surface area contributed by atoms with Crippen molar-refractivity contribution in [3.63, 3.8) is 0 Å². The predicted molar refractivity (Wildman–Crippen MR) is 87.1 cm³/mol. The molecule has 126 valence electrons. The zero-order valence-corrected chi connectivity index (χ0v) is 13.4. The molecule has 0 radical (unpaired) electrons. The standard InChI is InChI=1S/C14H22N6O3/c1-12(16-19-7-5-18(6-8-19)9-10-21)3-4-13-11-15-14(17(13)2)20(22)23/h3-4,11,21H,5-10H2,1-2H3/b4-3+,16-12+. The molecule has 0 unspecified atom stereocenters. The van der Waals surface area contributed by atoms with Crippen molar-refractivity contribution in [3.8, 4) is 0 Å². The summed E-state index contributed by atoms with van der Waals surface area (Å²) in [5, 5.41) is 26.2. The highest BCUT2D eigenvalue weighted by atomic mass is 16.6. The smallest absolute Gasteiger partial charge is 0.395 e. The van der Waals surface area contributed by atoms with Crippen molar-refractivity contribution in [2.24, 2.45) is 12.1 Å². The van der Waals surface area contributed by atoms with Gasteiger partial charge in [0, 0.05) is 32.7 Å². The van der Waals surface area contributed by atoms with Gasteiger partial charge in [0.05, 0.1) is 19.4 Å². The lowest BCUT2D eigenvalue weighted by molar-refractivity contribution is -0.396. The molecule has 9 heteroatoms. The molecule has 0 amide bonds. The maximum Gasteiger partial charge on any atom is 0.434 e. The fourth-order valence-electron chi connectivity index (χ4n) is 2.40. The summed E-state index contributed by atoms with van der Waals surface area (Å²) in [6, 6.07) is 0. The number of hydrazone groups is 1. The minimum Gasteiger partial charge on any atom is -0.395 e. The Morgan fingerprint density at radius 2 is 2.17 bits per heavy atom. The molecule has 0 spiro atoms. The zero-order chi connectivity index (χ0) is 16.8. The topological polar surface area (TPSA) is 100 Å². The lowest BCUT2D eigenvalue weighted by Crippen LogP contribution is -2.45. The molecule has 2 rings (SSSR count). The monoisotopic (exact) mass is 322 g/mol. The number of aromatic nitrogens is 2. The first-order chi connectivity index (χ1) is 11.0. The Kier molecular flexibility index (Phi) is 5.83. The molecule has 0 bridgehead atoms. The summed E-state index contributed by atoms with van der Waals surface area (Å²) in [5.74, 6) is -0.181. The van der Waals surface area contributed by atoms with Gasteiger partial charge in [-0.2, -0.15) is 5.10 Å². The third-order valence-electron chi connectivity index (χ3n) is 3.72. The van der Waals surface area contributed by atoms with E-state index < -0.39 is 4.92 Å². The van der Waals surface area contributed by atoms with Crippen LogP contribution in [0.1, 0.15) is 12.6 Å². The lowest BCUT2D eigenvalue weighted by Gasteiger charge is -2.32. The molecule has 0 aromatic carbocycles. The van der Waals surface area contributed by atoms with Crippen LogP contribution in [0.3, 0.4) is 0 Å². The molecule has 1 N–H and O–H groups in total. The molecular formula is C14H22N6O3. The molecule has 1 aliphatic rings. The number of nitro groups is 1. The molecule has 0 saturated carbocycles. The highest BCUT2D eigenvalue weighted by Crippen LogP contribution is 2.12. The first-order valence-corrected chi connectivity index (χ1v) is 7.49. The molecule has 9 nitrogen and oxygen atoms in total. The zero-order valence-electron chi connectivity index (χ0n) is 13.4. The van der Waals surface area contributed by atoms with Crippen LogP contribution in [0.4, 0.5) is 5.95 Å². The Labute approximate surface area is 134 Å². The molecule has 2 heterocycles. The van der Waals surface area contributed by atoms with Crippen LogP contribution in [0.15, 0.2) is 17.4 Å². The van der Waals surface area contributed by atoms with Gasteiger partial charge in [-0.1, -0.05) is 4.98 Å². The van der Waals surface area contributed by atoms with Gasteiger partial charge in [-0.25, -0.2) is 4.57 Å². The molecule has 0 aliphatic carbocycles. The van der Waals surface area contributed by atoms with Crippen molar-refractivity contribution in [2.75, 3.05) is 39.3 Å². The van der Waals surface area contributed by atoms with E-state index in [0.29, 0.717) is 12.2 Å². The van der Waals surface area contributed by atoms with Crippen molar-refractivity contribution in [1.82, 2.24) is 19.5 Å². The second-order valence-electron chi connectivity index (χ2n) is 5.39. The Hall–Kier alpha value is -2.26. The quantitative estimate of drug-likeness (QED) is 0.460. The summed E-state index contributed by atoms with van der Waals surface area (Å²) in [5.41, 5.74) is 1.48. The van der Waals surface area contributed by atoms with E-state index >= 15 is 0 Å². The van der Waals surface area contributed by atoms with Crippen LogP contribution < -0.4 is 0 Å². The van der Waals surface area contributed by atoms with E-state index in [1.54, 1.807) is 13.1 Å². The first kappa shape index (κ1) is 17.1. The van der Waals surface area contributed by atoms with Crippen LogP contribution in [-0.2, 0) is 7.05 Å². The molecule has 1 saturated heterocycles. The van der Waals surface area contributed by atoms with Crippen LogP contribution in [0, 0.1) is 10.1 Å². The largest absolute Gasteiger partial charge is 0.434 e. The van der Waals surface area contributed by atoms with Crippen LogP contribution in [0.5, 0.6) is 0 Å². The SMILES string of the molecule is CC(/C=C/c1cnc([N+](=O)[O-])n1C)=N\N1CCN(CCO)CC1. The fraction of sp³-hybridized carbons (Fsp3) is 0.571. The summed E-state index contributed by atoms with van der Waals surface area (Å²) in [6.45, 7) is 6.19. The van der Waals surface area contributed by atoms with Crippen molar-refractivity contribution in [2.45, 2.75) is 6.92 Å². The van der Waals surface area contributed by atoms with Crippen molar-refractivity contribution >= 4 is 17.7 Å². The highest BCUT2D eigenvalue weighted by molar-refractivity contribution is 5.96. The van der Waals surface area contributed by atoms with E-state index in [9.17, 15) is 10.1 Å². The number of aliphatic hydroxyl groups is 1. The number of aliphatic hydroxyl groups excluding tert-OH is 1. The minimum atomic E-state index is -0.510. The van der Waals surface area contributed by atoms with Crippen LogP contribution >= 0.6 is 0 Å². The van der Waals surface area contributed by atoms with Gasteiger partial charge in [-0.15, -0.1) is 0 Å². The minimum absolute atomic E-state index is 0.181. The van der Waals surface area contributed by atoms with E-state index in [-0.39, 0.29) is 12.6 Å². The first-order valence-electron chi connectivity index (χ1n) is 7.49. The Balaban J connectivity index is 1.94. The molecule has 1 aromatic heterocycles. The second kappa shape index (κ2) is 7.84. The Morgan fingerprint density at radius 1 is 1.48 bits per heavy atom. The van der Waals surface area contributed by atoms with Crippen molar-refractivity contribution < 1.29 is 10.0 Å². The Bertz CT molecular complexity index is 602. The molecule has 23 heavy (non-hydrogen) atoms. The predicted octanol–water partition coefficient (Wildman–Crippen LogP) is 0.327. The van der Waals surface area contributed by atoms with Gasteiger partial charge in [0.25, 0.3) is 0 Å². The molecule has 1 fully saturated rings. The average molecular weight is 322 g/mol. The van der Waals surface area contributed by atoms with Gasteiger partial charge >= 0.3 is 5.95 Å². The second-order valence-corrected chi connectivity index (χ2v) is 5.39. The van der Waals surface area contributed by atoms with E-state index in [2.05, 4.69) is 15.0 Å². The van der Waals surface area contributed by atoms with Crippen LogP contribution in [-0.4, -0.2) is 74.5 Å². The number of piperazine rings is 1. The number of β-amino-alcohol motifs (C(OH)–C–C–N with tert-alkyl or cyclic N) is 1. The van der Waals surface area contributed by atoms with E-state index in [4.69, 9.17) is 5.11 Å². The van der Waals surface area contributed by atoms with Crippen molar-refractivity contribution in [1.29, 1.82) is 0 Å². The molecule has 0 atom stereocenters. The third-order valence-corrected chi connectivity index (χ3v) is 3.72. The summed E-state index contributed by atoms with van der Waals surface area (Å²) >= 11 is 0. The number of rotatable bonds is 6. The summed E-state index contributed by atoms with van der Waals surface area (Å²) in [7, 11) is 1.61. The summed E-state index contributed by atoms with van der Waals surface area (Å²) in [4.78, 5) is 16.2. The maximum absolute atomic E-state index is 10.8. The molecule has 1 aliphatic heterocycles. The van der Waals surface area contributed by atoms with Gasteiger partial charge < -0.3 is 15.2 Å². The number of nitrogens with zero attached hydrogens (tertiary/aromatic N) is 6. The Morgan fingerprint density at radius 3 is 2.74 bits per heavy atom. The van der Waals surface area contributed by atoms with E-state index in [1.165, 1.54) is 10.8 Å². The summed E-state index contributed by atoms with van der Waals surface area (Å²) < 4.78 is 1.43.